The van der Waals surface area contributed by atoms with Gasteiger partial charge in [0.25, 0.3) is 0 Å². The first-order chi connectivity index (χ1) is 8.95. The maximum atomic E-state index is 9.87. The van der Waals surface area contributed by atoms with Crippen molar-refractivity contribution >= 4 is 0 Å². The molecule has 0 spiro atoms. The predicted octanol–water partition coefficient (Wildman–Crippen LogP) is 3.72. The van der Waals surface area contributed by atoms with Gasteiger partial charge in [-0.1, -0.05) is 19.9 Å². The van der Waals surface area contributed by atoms with Crippen molar-refractivity contribution in [1.29, 1.82) is 0 Å². The van der Waals surface area contributed by atoms with E-state index in [1.807, 2.05) is 13.8 Å². The van der Waals surface area contributed by atoms with Gasteiger partial charge >= 0.3 is 0 Å². The Morgan fingerprint density at radius 3 is 2.00 bits per heavy atom. The van der Waals surface area contributed by atoms with E-state index in [0.717, 1.165) is 5.56 Å². The fraction of sp³-hybridized carbons (Fsp3) is 0.200. The Kier molecular flexibility index (Phi) is 3.51. The highest BCUT2D eigenvalue weighted by atomic mass is 16.5. The quantitative estimate of drug-likeness (QED) is 0.786. The van der Waals surface area contributed by atoms with E-state index in [2.05, 4.69) is 0 Å². The van der Waals surface area contributed by atoms with Crippen LogP contribution in [0.15, 0.2) is 36.4 Å². The van der Waals surface area contributed by atoms with Crippen LogP contribution in [-0.2, 0) is 0 Å². The summed E-state index contributed by atoms with van der Waals surface area (Å²) in [6.07, 6.45) is 0. The number of hydrogen-bond donors (Lipinski definition) is 3. The third-order valence-corrected chi connectivity index (χ3v) is 2.74. The van der Waals surface area contributed by atoms with Crippen molar-refractivity contribution in [2.45, 2.75) is 19.8 Å². The largest absolute Gasteiger partial charge is 0.508 e. The van der Waals surface area contributed by atoms with Gasteiger partial charge in [0, 0.05) is 24.3 Å². The molecule has 4 nitrogen and oxygen atoms in total. The molecule has 0 unspecified atom stereocenters. The molecule has 4 heteroatoms. The van der Waals surface area contributed by atoms with E-state index in [-0.39, 0.29) is 23.2 Å². The van der Waals surface area contributed by atoms with Crippen molar-refractivity contribution in [3.8, 4) is 28.7 Å². The molecule has 0 saturated heterocycles. The standard InChI is InChI=1S/C15H16O4/c1-9(2)14-4-3-12(8-15(14)18)19-13-6-10(16)5-11(17)7-13/h3-9,16-18H,1-2H3. The summed E-state index contributed by atoms with van der Waals surface area (Å²) in [4.78, 5) is 0. The zero-order chi connectivity index (χ0) is 14.0. The number of aromatic hydroxyl groups is 3. The van der Waals surface area contributed by atoms with Gasteiger partial charge in [-0.05, 0) is 17.5 Å². The molecule has 0 bridgehead atoms. The van der Waals surface area contributed by atoms with Gasteiger partial charge in [0.05, 0.1) is 0 Å². The minimum atomic E-state index is -0.0852. The summed E-state index contributed by atoms with van der Waals surface area (Å²) in [7, 11) is 0. The van der Waals surface area contributed by atoms with Gasteiger partial charge in [-0.3, -0.25) is 0 Å². The molecular weight excluding hydrogens is 244 g/mol. The number of phenolic OH excluding ortho intramolecular Hbond substituents is 3. The molecule has 2 aromatic rings. The molecule has 0 fully saturated rings. The fourth-order valence-electron chi connectivity index (χ4n) is 1.84. The van der Waals surface area contributed by atoms with Crippen LogP contribution in [0.1, 0.15) is 25.3 Å². The van der Waals surface area contributed by atoms with Crippen LogP contribution in [0.5, 0.6) is 28.7 Å². The molecule has 0 radical (unpaired) electrons. The van der Waals surface area contributed by atoms with Crippen LogP contribution in [0, 0.1) is 0 Å². The molecule has 2 rings (SSSR count). The Morgan fingerprint density at radius 1 is 0.842 bits per heavy atom. The Bertz CT molecular complexity index is 570. The highest BCUT2D eigenvalue weighted by molar-refractivity contribution is 5.46. The third kappa shape index (κ3) is 3.10. The monoisotopic (exact) mass is 260 g/mol. The number of hydrogen-bond acceptors (Lipinski definition) is 4. The second-order valence-corrected chi connectivity index (χ2v) is 4.66. The number of rotatable bonds is 3. The maximum Gasteiger partial charge on any atom is 0.134 e. The SMILES string of the molecule is CC(C)c1ccc(Oc2cc(O)cc(O)c2)cc1O. The van der Waals surface area contributed by atoms with Crippen molar-refractivity contribution < 1.29 is 20.1 Å². The number of benzene rings is 2. The lowest BCUT2D eigenvalue weighted by atomic mass is 10.0. The summed E-state index contributed by atoms with van der Waals surface area (Å²) < 4.78 is 5.48. The first-order valence-electron chi connectivity index (χ1n) is 5.99. The van der Waals surface area contributed by atoms with Gasteiger partial charge in [-0.2, -0.15) is 0 Å². The van der Waals surface area contributed by atoms with Crippen molar-refractivity contribution in [2.75, 3.05) is 0 Å². The van der Waals surface area contributed by atoms with Crippen LogP contribution in [-0.4, -0.2) is 15.3 Å². The van der Waals surface area contributed by atoms with Gasteiger partial charge in [0.2, 0.25) is 0 Å². The summed E-state index contributed by atoms with van der Waals surface area (Å²) in [5, 5.41) is 28.6. The zero-order valence-electron chi connectivity index (χ0n) is 10.8. The summed E-state index contributed by atoms with van der Waals surface area (Å²) in [5.41, 5.74) is 0.839. The van der Waals surface area contributed by atoms with E-state index in [1.54, 1.807) is 12.1 Å². The molecule has 3 N–H and O–H groups in total. The highest BCUT2D eigenvalue weighted by Crippen LogP contribution is 2.33. The van der Waals surface area contributed by atoms with E-state index in [9.17, 15) is 15.3 Å². The summed E-state index contributed by atoms with van der Waals surface area (Å²) in [6, 6.07) is 9.01. The molecule has 0 aliphatic carbocycles. The van der Waals surface area contributed by atoms with Crippen molar-refractivity contribution in [1.82, 2.24) is 0 Å². The van der Waals surface area contributed by atoms with Gasteiger partial charge in [0.15, 0.2) is 0 Å². The third-order valence-electron chi connectivity index (χ3n) is 2.74. The molecule has 100 valence electrons. The molecule has 0 aliphatic heterocycles. The van der Waals surface area contributed by atoms with E-state index in [0.29, 0.717) is 11.5 Å². The van der Waals surface area contributed by atoms with Crippen molar-refractivity contribution in [3.05, 3.63) is 42.0 Å². The molecule has 0 aromatic heterocycles. The predicted molar refractivity (Wildman–Crippen MR) is 72.0 cm³/mol. The van der Waals surface area contributed by atoms with Crippen LogP contribution >= 0.6 is 0 Å². The zero-order valence-corrected chi connectivity index (χ0v) is 10.8. The summed E-state index contributed by atoms with van der Waals surface area (Å²) in [5.74, 6) is 0.952. The van der Waals surface area contributed by atoms with Crippen LogP contribution in [0.25, 0.3) is 0 Å². The molecule has 2 aromatic carbocycles. The van der Waals surface area contributed by atoms with Gasteiger partial charge in [-0.15, -0.1) is 0 Å². The Balaban J connectivity index is 2.26. The Hall–Kier alpha value is -2.36. The first-order valence-corrected chi connectivity index (χ1v) is 5.99. The highest BCUT2D eigenvalue weighted by Gasteiger charge is 2.08. The lowest BCUT2D eigenvalue weighted by Crippen LogP contribution is -1.90. The molecule has 19 heavy (non-hydrogen) atoms. The molecule has 0 atom stereocenters. The average molecular weight is 260 g/mol. The smallest absolute Gasteiger partial charge is 0.134 e. The molecule has 0 heterocycles. The average Bonchev–Trinajstić information content (AvgIpc) is 2.26. The van der Waals surface area contributed by atoms with Crippen LogP contribution in [0.2, 0.25) is 0 Å². The topological polar surface area (TPSA) is 69.9 Å². The lowest BCUT2D eigenvalue weighted by molar-refractivity contribution is 0.427. The van der Waals surface area contributed by atoms with E-state index in [4.69, 9.17) is 4.74 Å². The van der Waals surface area contributed by atoms with Crippen molar-refractivity contribution in [3.63, 3.8) is 0 Å². The normalized spacial score (nSPS) is 10.7. The number of phenols is 3. The van der Waals surface area contributed by atoms with Crippen molar-refractivity contribution in [2.24, 2.45) is 0 Å². The van der Waals surface area contributed by atoms with E-state index < -0.39 is 0 Å². The minimum absolute atomic E-state index is 0.0852. The van der Waals surface area contributed by atoms with Crippen LogP contribution in [0.3, 0.4) is 0 Å². The van der Waals surface area contributed by atoms with E-state index >= 15 is 0 Å². The minimum Gasteiger partial charge on any atom is -0.508 e. The first kappa shape index (κ1) is 13.1. The van der Waals surface area contributed by atoms with Crippen LogP contribution < -0.4 is 4.74 Å². The molecule has 0 saturated carbocycles. The van der Waals surface area contributed by atoms with Gasteiger partial charge in [-0.25, -0.2) is 0 Å². The summed E-state index contributed by atoms with van der Waals surface area (Å²) in [6.45, 7) is 3.98. The molecule has 0 amide bonds. The van der Waals surface area contributed by atoms with Crippen LogP contribution in [0.4, 0.5) is 0 Å². The number of ether oxygens (including phenoxy) is 1. The lowest BCUT2D eigenvalue weighted by Gasteiger charge is -2.11. The summed E-state index contributed by atoms with van der Waals surface area (Å²) >= 11 is 0. The second-order valence-electron chi connectivity index (χ2n) is 4.66. The Labute approximate surface area is 111 Å². The molecule has 0 aliphatic rings. The van der Waals surface area contributed by atoms with Gasteiger partial charge in [0.1, 0.15) is 28.7 Å². The Morgan fingerprint density at radius 2 is 1.47 bits per heavy atom. The van der Waals surface area contributed by atoms with E-state index in [1.165, 1.54) is 24.3 Å². The maximum absolute atomic E-state index is 9.87. The second kappa shape index (κ2) is 5.10. The van der Waals surface area contributed by atoms with Gasteiger partial charge < -0.3 is 20.1 Å². The fourth-order valence-corrected chi connectivity index (χ4v) is 1.84. The molecular formula is C15H16O4.